The molecule has 2 aromatic rings. The van der Waals surface area contributed by atoms with Gasteiger partial charge in [-0.15, -0.1) is 0 Å². The molecule has 0 saturated carbocycles. The van der Waals surface area contributed by atoms with Gasteiger partial charge in [0.1, 0.15) is 18.3 Å². The Hall–Kier alpha value is -3.07. The van der Waals surface area contributed by atoms with Crippen LogP contribution in [0.1, 0.15) is 45.2 Å². The summed E-state index contributed by atoms with van der Waals surface area (Å²) in [4.78, 5) is 28.2. The number of anilines is 1. The van der Waals surface area contributed by atoms with Gasteiger partial charge in [0.15, 0.2) is 0 Å². The molecule has 2 aromatic carbocycles. The van der Waals surface area contributed by atoms with Gasteiger partial charge in [-0.25, -0.2) is 8.42 Å². The third kappa shape index (κ3) is 8.26. The quantitative estimate of drug-likeness (QED) is 0.438. The number of rotatable bonds is 13. The van der Waals surface area contributed by atoms with Gasteiger partial charge in [0.2, 0.25) is 21.8 Å². The highest BCUT2D eigenvalue weighted by Crippen LogP contribution is 2.21. The first-order valence-electron chi connectivity index (χ1n) is 12.3. The van der Waals surface area contributed by atoms with Crippen LogP contribution in [-0.2, 0) is 32.6 Å². The van der Waals surface area contributed by atoms with Crippen molar-refractivity contribution >= 4 is 27.5 Å². The Kier molecular flexibility index (Phi) is 10.8. The summed E-state index contributed by atoms with van der Waals surface area (Å²) < 4.78 is 31.7. The fourth-order valence-electron chi connectivity index (χ4n) is 3.78. The van der Waals surface area contributed by atoms with E-state index >= 15 is 0 Å². The zero-order valence-electron chi connectivity index (χ0n) is 22.2. The van der Waals surface area contributed by atoms with Gasteiger partial charge in [0.25, 0.3) is 0 Å². The second-order valence-corrected chi connectivity index (χ2v) is 11.1. The van der Waals surface area contributed by atoms with Crippen molar-refractivity contribution in [1.82, 2.24) is 10.2 Å². The van der Waals surface area contributed by atoms with Crippen LogP contribution in [0.4, 0.5) is 5.69 Å². The highest BCUT2D eigenvalue weighted by molar-refractivity contribution is 7.92. The molecule has 0 unspecified atom stereocenters. The summed E-state index contributed by atoms with van der Waals surface area (Å²) in [5.74, 6) is 0.217. The summed E-state index contributed by atoms with van der Waals surface area (Å²) >= 11 is 0. The van der Waals surface area contributed by atoms with Gasteiger partial charge < -0.3 is 15.0 Å². The van der Waals surface area contributed by atoms with E-state index in [2.05, 4.69) is 5.32 Å². The molecule has 0 aliphatic heterocycles. The number of nitrogens with one attached hydrogen (secondary N) is 1. The van der Waals surface area contributed by atoms with Crippen LogP contribution in [0.5, 0.6) is 5.75 Å². The SMILES string of the molecule is CCc1ccc(N(CC(=O)N(Cc2ccc(OC)cc2)[C@@H](CC)C(=O)NCC(C)C)S(C)(=O)=O)cc1. The van der Waals surface area contributed by atoms with Crippen molar-refractivity contribution < 1.29 is 22.7 Å². The van der Waals surface area contributed by atoms with Gasteiger partial charge >= 0.3 is 0 Å². The molecular weight excluding hydrogens is 478 g/mol. The van der Waals surface area contributed by atoms with E-state index in [-0.39, 0.29) is 18.4 Å². The summed E-state index contributed by atoms with van der Waals surface area (Å²) in [7, 11) is -2.18. The third-order valence-electron chi connectivity index (χ3n) is 5.89. The molecule has 0 radical (unpaired) electrons. The molecule has 0 bridgehead atoms. The lowest BCUT2D eigenvalue weighted by Gasteiger charge is -2.33. The minimum Gasteiger partial charge on any atom is -0.497 e. The lowest BCUT2D eigenvalue weighted by Crippen LogP contribution is -2.52. The van der Waals surface area contributed by atoms with Gasteiger partial charge in [0, 0.05) is 13.1 Å². The average Bonchev–Trinajstić information content (AvgIpc) is 2.85. The fraction of sp³-hybridized carbons (Fsp3) is 0.481. The standard InChI is InChI=1S/C27H39N3O5S/c1-7-21-9-13-23(14-10-21)30(36(6,33)34)19-26(31)29(18-22-11-15-24(35-5)16-12-22)25(8-2)27(32)28-17-20(3)4/h9-16,20,25H,7-8,17-19H2,1-6H3,(H,28,32)/t25-/m0/s1. The smallest absolute Gasteiger partial charge is 0.244 e. The first-order valence-corrected chi connectivity index (χ1v) is 14.1. The number of nitrogens with zero attached hydrogens (tertiary/aromatic N) is 2. The van der Waals surface area contributed by atoms with E-state index in [1.54, 1.807) is 31.4 Å². The van der Waals surface area contributed by atoms with Crippen LogP contribution < -0.4 is 14.4 Å². The monoisotopic (exact) mass is 517 g/mol. The van der Waals surface area contributed by atoms with Gasteiger partial charge in [-0.05, 0) is 54.2 Å². The van der Waals surface area contributed by atoms with E-state index in [4.69, 9.17) is 4.74 Å². The van der Waals surface area contributed by atoms with Crippen LogP contribution in [0.25, 0.3) is 0 Å². The normalized spacial score (nSPS) is 12.2. The molecule has 1 N–H and O–H groups in total. The molecule has 2 amide bonds. The Morgan fingerprint density at radius 3 is 2.03 bits per heavy atom. The number of aryl methyl sites for hydroxylation is 1. The predicted molar refractivity (Wildman–Crippen MR) is 143 cm³/mol. The maximum absolute atomic E-state index is 13.7. The topological polar surface area (TPSA) is 96.0 Å². The number of ether oxygens (including phenoxy) is 1. The van der Waals surface area contributed by atoms with Crippen molar-refractivity contribution in [2.24, 2.45) is 5.92 Å². The van der Waals surface area contributed by atoms with E-state index < -0.39 is 28.5 Å². The minimum absolute atomic E-state index is 0.156. The van der Waals surface area contributed by atoms with Crippen molar-refractivity contribution in [2.75, 3.05) is 30.8 Å². The number of hydrogen-bond acceptors (Lipinski definition) is 5. The summed E-state index contributed by atoms with van der Waals surface area (Å²) in [5.41, 5.74) is 2.27. The molecule has 2 rings (SSSR count). The number of carbonyl (C=O) groups excluding carboxylic acids is 2. The predicted octanol–water partition coefficient (Wildman–Crippen LogP) is 3.60. The molecule has 0 aliphatic carbocycles. The first-order chi connectivity index (χ1) is 17.0. The second-order valence-electron chi connectivity index (χ2n) is 9.22. The Bertz CT molecular complexity index is 1100. The summed E-state index contributed by atoms with van der Waals surface area (Å²) in [6.45, 7) is 8.08. The van der Waals surface area contributed by atoms with Crippen LogP contribution in [0.2, 0.25) is 0 Å². The van der Waals surface area contributed by atoms with Crippen molar-refractivity contribution in [3.8, 4) is 5.75 Å². The molecule has 0 aliphatic rings. The Labute approximate surface area is 215 Å². The molecule has 9 heteroatoms. The first kappa shape index (κ1) is 29.2. The van der Waals surface area contributed by atoms with E-state index in [9.17, 15) is 18.0 Å². The molecule has 0 spiro atoms. The Balaban J connectivity index is 2.40. The molecule has 8 nitrogen and oxygen atoms in total. The van der Waals surface area contributed by atoms with E-state index in [0.717, 1.165) is 28.1 Å². The van der Waals surface area contributed by atoms with Gasteiger partial charge in [0.05, 0.1) is 19.1 Å². The highest BCUT2D eigenvalue weighted by Gasteiger charge is 2.31. The largest absolute Gasteiger partial charge is 0.497 e. The second kappa shape index (κ2) is 13.3. The lowest BCUT2D eigenvalue weighted by atomic mass is 10.1. The van der Waals surface area contributed by atoms with Crippen LogP contribution in [-0.4, -0.2) is 57.6 Å². The Morgan fingerprint density at radius 2 is 1.56 bits per heavy atom. The molecule has 1 atom stereocenters. The zero-order valence-corrected chi connectivity index (χ0v) is 23.0. The summed E-state index contributed by atoms with van der Waals surface area (Å²) in [6.07, 6.45) is 2.28. The summed E-state index contributed by atoms with van der Waals surface area (Å²) in [6, 6.07) is 13.6. The maximum Gasteiger partial charge on any atom is 0.244 e. The third-order valence-corrected chi connectivity index (χ3v) is 7.03. The molecule has 0 saturated heterocycles. The minimum atomic E-state index is -3.75. The van der Waals surface area contributed by atoms with E-state index in [0.29, 0.717) is 24.4 Å². The van der Waals surface area contributed by atoms with Crippen LogP contribution in [0.15, 0.2) is 48.5 Å². The fourth-order valence-corrected chi connectivity index (χ4v) is 4.63. The number of carbonyl (C=O) groups is 2. The average molecular weight is 518 g/mol. The highest BCUT2D eigenvalue weighted by atomic mass is 32.2. The van der Waals surface area contributed by atoms with Crippen LogP contribution in [0, 0.1) is 5.92 Å². The van der Waals surface area contributed by atoms with Crippen molar-refractivity contribution in [3.05, 3.63) is 59.7 Å². The zero-order chi connectivity index (χ0) is 26.9. The molecule has 0 aromatic heterocycles. The van der Waals surface area contributed by atoms with Crippen LogP contribution >= 0.6 is 0 Å². The number of benzene rings is 2. The molecule has 0 heterocycles. The molecule has 198 valence electrons. The van der Waals surface area contributed by atoms with Gasteiger partial charge in [-0.1, -0.05) is 52.0 Å². The van der Waals surface area contributed by atoms with E-state index in [1.807, 2.05) is 52.0 Å². The Morgan fingerprint density at radius 1 is 0.972 bits per heavy atom. The van der Waals surface area contributed by atoms with Gasteiger partial charge in [-0.2, -0.15) is 0 Å². The number of hydrogen-bond donors (Lipinski definition) is 1. The number of methoxy groups -OCH3 is 1. The lowest BCUT2D eigenvalue weighted by molar-refractivity contribution is -0.140. The van der Waals surface area contributed by atoms with Gasteiger partial charge in [-0.3, -0.25) is 13.9 Å². The summed E-state index contributed by atoms with van der Waals surface area (Å²) in [5, 5.41) is 2.92. The van der Waals surface area contributed by atoms with Crippen molar-refractivity contribution in [1.29, 1.82) is 0 Å². The number of sulfonamides is 1. The van der Waals surface area contributed by atoms with Crippen molar-refractivity contribution in [3.63, 3.8) is 0 Å². The number of amides is 2. The molecular formula is C27H39N3O5S. The molecule has 0 fully saturated rings. The maximum atomic E-state index is 13.7. The van der Waals surface area contributed by atoms with E-state index in [1.165, 1.54) is 4.90 Å². The van der Waals surface area contributed by atoms with Crippen molar-refractivity contribution in [2.45, 2.75) is 53.1 Å². The molecule has 36 heavy (non-hydrogen) atoms. The van der Waals surface area contributed by atoms with Crippen LogP contribution in [0.3, 0.4) is 0 Å².